The molecule has 100 valence electrons. The summed E-state index contributed by atoms with van der Waals surface area (Å²) in [5.74, 6) is 1.16. The first-order chi connectivity index (χ1) is 9.72. The molecule has 0 aliphatic heterocycles. The second kappa shape index (κ2) is 5.46. The molecule has 0 bridgehead atoms. The predicted molar refractivity (Wildman–Crippen MR) is 78.3 cm³/mol. The summed E-state index contributed by atoms with van der Waals surface area (Å²) in [6.45, 7) is 0. The van der Waals surface area contributed by atoms with Crippen LogP contribution in [0.25, 0.3) is 11.5 Å². The Balaban J connectivity index is 1.84. The van der Waals surface area contributed by atoms with E-state index in [4.69, 9.17) is 4.52 Å². The Morgan fingerprint density at radius 2 is 1.90 bits per heavy atom. The Bertz CT molecular complexity index is 726. The van der Waals surface area contributed by atoms with E-state index in [1.54, 1.807) is 12.1 Å². The molecule has 0 radical (unpaired) electrons. The van der Waals surface area contributed by atoms with Gasteiger partial charge < -0.3 is 9.63 Å². The molecule has 2 aromatic carbocycles. The normalized spacial score (nSPS) is 10.7. The van der Waals surface area contributed by atoms with Crippen LogP contribution in [0.3, 0.4) is 0 Å². The van der Waals surface area contributed by atoms with Gasteiger partial charge in [0, 0.05) is 12.0 Å². The Labute approximate surface area is 124 Å². The first kappa shape index (κ1) is 12.9. The number of benzene rings is 2. The molecule has 0 atom stereocenters. The maximum absolute atomic E-state index is 9.67. The van der Waals surface area contributed by atoms with Crippen LogP contribution in [0.1, 0.15) is 11.4 Å². The lowest BCUT2D eigenvalue weighted by molar-refractivity contribution is 0.423. The quantitative estimate of drug-likeness (QED) is 0.793. The van der Waals surface area contributed by atoms with Crippen molar-refractivity contribution in [1.29, 1.82) is 0 Å². The zero-order valence-corrected chi connectivity index (χ0v) is 12.0. The lowest BCUT2D eigenvalue weighted by Crippen LogP contribution is -1.90. The van der Waals surface area contributed by atoms with Crippen LogP contribution in [0.4, 0.5) is 0 Å². The number of hydrogen-bond donors (Lipinski definition) is 1. The number of nitrogens with zero attached hydrogens (tertiary/aromatic N) is 2. The summed E-state index contributed by atoms with van der Waals surface area (Å²) in [4.78, 5) is 4.34. The van der Waals surface area contributed by atoms with Gasteiger partial charge in [0.1, 0.15) is 5.75 Å². The van der Waals surface area contributed by atoms with Crippen LogP contribution < -0.4 is 0 Å². The maximum atomic E-state index is 9.67. The highest BCUT2D eigenvalue weighted by Crippen LogP contribution is 2.29. The molecular formula is C15H11BrN2O2. The number of phenols is 1. The number of rotatable bonds is 3. The molecule has 0 fully saturated rings. The highest BCUT2D eigenvalue weighted by molar-refractivity contribution is 9.10. The highest BCUT2D eigenvalue weighted by atomic mass is 79.9. The first-order valence-electron chi connectivity index (χ1n) is 6.08. The average Bonchev–Trinajstić information content (AvgIpc) is 2.91. The van der Waals surface area contributed by atoms with Crippen LogP contribution in [0.15, 0.2) is 57.5 Å². The largest absolute Gasteiger partial charge is 0.507 e. The minimum Gasteiger partial charge on any atom is -0.507 e. The van der Waals surface area contributed by atoms with E-state index in [9.17, 15) is 5.11 Å². The molecule has 4 nitrogen and oxygen atoms in total. The molecule has 20 heavy (non-hydrogen) atoms. The summed E-state index contributed by atoms with van der Waals surface area (Å²) in [5, 5.41) is 13.6. The molecule has 0 aliphatic rings. The number of hydrogen-bond acceptors (Lipinski definition) is 4. The second-order valence-corrected chi connectivity index (χ2v) is 5.20. The minimum absolute atomic E-state index is 0.144. The zero-order valence-electron chi connectivity index (χ0n) is 10.5. The van der Waals surface area contributed by atoms with Gasteiger partial charge in [-0.3, -0.25) is 0 Å². The summed E-state index contributed by atoms with van der Waals surface area (Å²) in [5.41, 5.74) is 1.82. The summed E-state index contributed by atoms with van der Waals surface area (Å²) < 4.78 is 5.86. The SMILES string of the molecule is Oc1cc(-c2nc(Cc3ccccc3)no2)ccc1Br. The van der Waals surface area contributed by atoms with Gasteiger partial charge in [-0.05, 0) is 39.7 Å². The second-order valence-electron chi connectivity index (χ2n) is 4.34. The van der Waals surface area contributed by atoms with Gasteiger partial charge in [-0.1, -0.05) is 35.5 Å². The predicted octanol–water partition coefficient (Wildman–Crippen LogP) is 3.80. The third-order valence-corrected chi connectivity index (χ3v) is 3.54. The average molecular weight is 331 g/mol. The third-order valence-electron chi connectivity index (χ3n) is 2.87. The summed E-state index contributed by atoms with van der Waals surface area (Å²) in [6.07, 6.45) is 0.618. The summed E-state index contributed by atoms with van der Waals surface area (Å²) in [6, 6.07) is 15.1. The molecular weight excluding hydrogens is 320 g/mol. The molecule has 3 aromatic rings. The number of aromatic hydroxyl groups is 1. The Morgan fingerprint density at radius 1 is 1.10 bits per heavy atom. The molecule has 3 rings (SSSR count). The van der Waals surface area contributed by atoms with Crippen LogP contribution in [-0.4, -0.2) is 15.2 Å². The third kappa shape index (κ3) is 2.72. The summed E-state index contributed by atoms with van der Waals surface area (Å²) >= 11 is 3.23. The van der Waals surface area contributed by atoms with Crippen LogP contribution in [-0.2, 0) is 6.42 Å². The monoisotopic (exact) mass is 330 g/mol. The summed E-state index contributed by atoms with van der Waals surface area (Å²) in [7, 11) is 0. The van der Waals surface area contributed by atoms with Gasteiger partial charge in [0.15, 0.2) is 5.82 Å². The number of phenolic OH excluding ortho intramolecular Hbond substituents is 1. The van der Waals surface area contributed by atoms with Gasteiger partial charge >= 0.3 is 0 Å². The van der Waals surface area contributed by atoms with Crippen LogP contribution in [0, 0.1) is 0 Å². The van der Waals surface area contributed by atoms with Crippen molar-refractivity contribution in [2.24, 2.45) is 0 Å². The van der Waals surface area contributed by atoms with E-state index in [0.29, 0.717) is 28.2 Å². The molecule has 0 aliphatic carbocycles. The minimum atomic E-state index is 0.144. The maximum Gasteiger partial charge on any atom is 0.258 e. The molecule has 0 saturated carbocycles. The van der Waals surface area contributed by atoms with Crippen molar-refractivity contribution >= 4 is 15.9 Å². The van der Waals surface area contributed by atoms with Gasteiger partial charge in [-0.15, -0.1) is 0 Å². The fourth-order valence-corrected chi connectivity index (χ4v) is 2.11. The van der Waals surface area contributed by atoms with Crippen molar-refractivity contribution in [3.63, 3.8) is 0 Å². The Kier molecular flexibility index (Phi) is 3.52. The van der Waals surface area contributed by atoms with Crippen molar-refractivity contribution in [1.82, 2.24) is 10.1 Å². The molecule has 0 unspecified atom stereocenters. The van der Waals surface area contributed by atoms with Crippen LogP contribution >= 0.6 is 15.9 Å². The van der Waals surface area contributed by atoms with Gasteiger partial charge in [-0.2, -0.15) is 4.98 Å². The van der Waals surface area contributed by atoms with Gasteiger partial charge in [-0.25, -0.2) is 0 Å². The molecule has 0 amide bonds. The molecule has 1 aromatic heterocycles. The van der Waals surface area contributed by atoms with Gasteiger partial charge in [0.25, 0.3) is 5.89 Å². The van der Waals surface area contributed by atoms with E-state index >= 15 is 0 Å². The van der Waals surface area contributed by atoms with E-state index in [0.717, 1.165) is 5.56 Å². The van der Waals surface area contributed by atoms with E-state index in [2.05, 4.69) is 26.1 Å². The molecule has 0 saturated heterocycles. The standard InChI is InChI=1S/C15H11BrN2O2/c16-12-7-6-11(9-13(12)19)15-17-14(18-20-15)8-10-4-2-1-3-5-10/h1-7,9,19H,8H2. The Morgan fingerprint density at radius 3 is 2.65 bits per heavy atom. The fourth-order valence-electron chi connectivity index (χ4n) is 1.87. The number of aromatic nitrogens is 2. The lowest BCUT2D eigenvalue weighted by atomic mass is 10.1. The van der Waals surface area contributed by atoms with Gasteiger partial charge in [0.05, 0.1) is 4.47 Å². The van der Waals surface area contributed by atoms with Crippen LogP contribution in [0.2, 0.25) is 0 Å². The Hall–Kier alpha value is -2.14. The van der Waals surface area contributed by atoms with E-state index in [1.165, 1.54) is 0 Å². The molecule has 0 spiro atoms. The van der Waals surface area contributed by atoms with E-state index in [1.807, 2.05) is 36.4 Å². The molecule has 5 heteroatoms. The van der Waals surface area contributed by atoms with E-state index < -0.39 is 0 Å². The number of halogens is 1. The van der Waals surface area contributed by atoms with E-state index in [-0.39, 0.29) is 5.75 Å². The van der Waals surface area contributed by atoms with Crippen molar-refractivity contribution < 1.29 is 9.63 Å². The molecule has 1 N–H and O–H groups in total. The lowest BCUT2D eigenvalue weighted by Gasteiger charge is -1.98. The van der Waals surface area contributed by atoms with Gasteiger partial charge in [0.2, 0.25) is 0 Å². The topological polar surface area (TPSA) is 59.2 Å². The van der Waals surface area contributed by atoms with Crippen LogP contribution in [0.5, 0.6) is 5.75 Å². The van der Waals surface area contributed by atoms with Crippen molar-refractivity contribution in [2.45, 2.75) is 6.42 Å². The fraction of sp³-hybridized carbons (Fsp3) is 0.0667. The van der Waals surface area contributed by atoms with Crippen molar-refractivity contribution in [3.05, 3.63) is 64.4 Å². The first-order valence-corrected chi connectivity index (χ1v) is 6.87. The highest BCUT2D eigenvalue weighted by Gasteiger charge is 2.11. The van der Waals surface area contributed by atoms with Crippen molar-refractivity contribution in [3.8, 4) is 17.2 Å². The van der Waals surface area contributed by atoms with Crippen molar-refractivity contribution in [2.75, 3.05) is 0 Å². The molecule has 1 heterocycles. The zero-order chi connectivity index (χ0) is 13.9. The smallest absolute Gasteiger partial charge is 0.258 e.